The van der Waals surface area contributed by atoms with Gasteiger partial charge in [-0.05, 0) is 0 Å². The number of carbonyl (C=O) groups excluding carboxylic acids is 2. The van der Waals surface area contributed by atoms with Gasteiger partial charge >= 0.3 is 0 Å². The molecule has 2 saturated heterocycles. The molecule has 0 aromatic carbocycles. The predicted molar refractivity (Wildman–Crippen MR) is 64.1 cm³/mol. The maximum absolute atomic E-state index is 12.6. The van der Waals surface area contributed by atoms with Gasteiger partial charge in [0.1, 0.15) is 0 Å². The molecule has 2 heterocycles. The van der Waals surface area contributed by atoms with Gasteiger partial charge in [-0.2, -0.15) is 0 Å². The van der Waals surface area contributed by atoms with Crippen LogP contribution in [0.25, 0.3) is 0 Å². The molecule has 0 bridgehead atoms. The highest BCUT2D eigenvalue weighted by Crippen LogP contribution is 2.65. The van der Waals surface area contributed by atoms with Gasteiger partial charge in [0.25, 0.3) is 0 Å². The van der Waals surface area contributed by atoms with Gasteiger partial charge in [0.05, 0.1) is 0 Å². The van der Waals surface area contributed by atoms with Gasteiger partial charge in [0.2, 0.25) is 11.6 Å². The summed E-state index contributed by atoms with van der Waals surface area (Å²) in [5.41, 5.74) is -2.64. The Morgan fingerprint density at radius 2 is 1.06 bits per heavy atom. The lowest BCUT2D eigenvalue weighted by atomic mass is 9.63. The van der Waals surface area contributed by atoms with Crippen molar-refractivity contribution in [3.05, 3.63) is 0 Å². The molecule has 4 heteroatoms. The third kappa shape index (κ3) is 1.02. The van der Waals surface area contributed by atoms with Crippen LogP contribution in [-0.4, -0.2) is 35.0 Å². The number of fused-ring (bicyclic) bond motifs is 2. The SMILES string of the molecule is CC(C)(C)[C@]12O[C@@H]1C(=O)[C@@]1(C(C)(C)C)O[C@H]1C2=O. The average Bonchev–Trinajstić information content (AvgIpc) is 3.04. The third-order valence-electron chi connectivity index (χ3n) is 4.67. The van der Waals surface area contributed by atoms with Gasteiger partial charge in [-0.1, -0.05) is 41.5 Å². The molecular formula is C14H20O4. The Morgan fingerprint density at radius 1 is 0.778 bits per heavy atom. The Morgan fingerprint density at radius 3 is 1.28 bits per heavy atom. The first-order chi connectivity index (χ1) is 8.00. The van der Waals surface area contributed by atoms with Crippen LogP contribution in [0.1, 0.15) is 41.5 Å². The van der Waals surface area contributed by atoms with Gasteiger partial charge in [-0.3, -0.25) is 9.59 Å². The zero-order chi connectivity index (χ0) is 13.7. The minimum atomic E-state index is -0.944. The molecular weight excluding hydrogens is 232 g/mol. The Kier molecular flexibility index (Phi) is 1.86. The van der Waals surface area contributed by atoms with E-state index < -0.39 is 23.4 Å². The lowest BCUT2D eigenvalue weighted by Gasteiger charge is -2.33. The lowest BCUT2D eigenvalue weighted by molar-refractivity contribution is -0.133. The monoisotopic (exact) mass is 252 g/mol. The van der Waals surface area contributed by atoms with E-state index in [0.717, 1.165) is 0 Å². The molecule has 18 heavy (non-hydrogen) atoms. The molecule has 0 amide bonds. The van der Waals surface area contributed by atoms with Crippen molar-refractivity contribution in [1.82, 2.24) is 0 Å². The Bertz CT molecular complexity index is 423. The Balaban J connectivity index is 2.04. The first kappa shape index (κ1) is 12.3. The summed E-state index contributed by atoms with van der Waals surface area (Å²) >= 11 is 0. The highest BCUT2D eigenvalue weighted by molar-refractivity contribution is 6.17. The summed E-state index contributed by atoms with van der Waals surface area (Å²) < 4.78 is 11.2. The predicted octanol–water partition coefficient (Wildman–Crippen LogP) is 1.51. The summed E-state index contributed by atoms with van der Waals surface area (Å²) in [5, 5.41) is 0. The van der Waals surface area contributed by atoms with Gasteiger partial charge in [0.15, 0.2) is 23.4 Å². The standard InChI is InChI=1S/C14H20O4/c1-11(2,3)13-7(15)10-14(18-10,12(4,5)6)8(16)9(13)17-13/h9-10H,1-6H3/t9-,10+,13-,14-/m1/s1. The van der Waals surface area contributed by atoms with E-state index in [9.17, 15) is 9.59 Å². The highest BCUT2D eigenvalue weighted by Gasteiger charge is 2.88. The van der Waals surface area contributed by atoms with Gasteiger partial charge < -0.3 is 9.47 Å². The van der Waals surface area contributed by atoms with Crippen molar-refractivity contribution < 1.29 is 19.1 Å². The van der Waals surface area contributed by atoms with Gasteiger partial charge in [0, 0.05) is 10.8 Å². The molecule has 4 nitrogen and oxygen atoms in total. The average molecular weight is 252 g/mol. The van der Waals surface area contributed by atoms with Crippen molar-refractivity contribution in [3.8, 4) is 0 Å². The van der Waals surface area contributed by atoms with E-state index in [-0.39, 0.29) is 22.4 Å². The minimum Gasteiger partial charge on any atom is -0.349 e. The molecule has 0 aromatic rings. The number of epoxide rings is 2. The summed E-state index contributed by atoms with van der Waals surface area (Å²) in [7, 11) is 0. The van der Waals surface area contributed by atoms with E-state index in [1.165, 1.54) is 0 Å². The zero-order valence-corrected chi connectivity index (χ0v) is 11.8. The molecule has 0 aromatic heterocycles. The summed E-state index contributed by atoms with van der Waals surface area (Å²) in [4.78, 5) is 25.1. The van der Waals surface area contributed by atoms with Crippen LogP contribution in [0.4, 0.5) is 0 Å². The van der Waals surface area contributed by atoms with Crippen LogP contribution in [0.3, 0.4) is 0 Å². The topological polar surface area (TPSA) is 59.2 Å². The maximum Gasteiger partial charge on any atom is 0.200 e. The summed E-state index contributed by atoms with van der Waals surface area (Å²) in [5.74, 6) is -0.0935. The van der Waals surface area contributed by atoms with Crippen molar-refractivity contribution in [2.45, 2.75) is 65.0 Å². The molecule has 1 aliphatic carbocycles. The minimum absolute atomic E-state index is 0.0467. The molecule has 3 rings (SSSR count). The number of rotatable bonds is 0. The van der Waals surface area contributed by atoms with Gasteiger partial charge in [-0.25, -0.2) is 0 Å². The Hall–Kier alpha value is -0.740. The third-order valence-corrected chi connectivity index (χ3v) is 4.67. The van der Waals surface area contributed by atoms with Crippen molar-refractivity contribution >= 4 is 11.6 Å². The number of Topliss-reactive ketones (excluding diaryl/α,β-unsaturated/α-hetero) is 2. The second-order valence-electron chi connectivity index (χ2n) is 7.70. The van der Waals surface area contributed by atoms with Crippen LogP contribution in [0, 0.1) is 10.8 Å². The maximum atomic E-state index is 12.6. The van der Waals surface area contributed by atoms with E-state index in [1.807, 2.05) is 41.5 Å². The Labute approximate surface area is 107 Å². The zero-order valence-electron chi connectivity index (χ0n) is 11.8. The van der Waals surface area contributed by atoms with E-state index in [4.69, 9.17) is 9.47 Å². The van der Waals surface area contributed by atoms with Crippen molar-refractivity contribution in [3.63, 3.8) is 0 Å². The first-order valence-electron chi connectivity index (χ1n) is 6.44. The number of hydrogen-bond acceptors (Lipinski definition) is 4. The van der Waals surface area contributed by atoms with E-state index in [2.05, 4.69) is 0 Å². The van der Waals surface area contributed by atoms with Crippen LogP contribution in [0.5, 0.6) is 0 Å². The van der Waals surface area contributed by atoms with Crippen LogP contribution < -0.4 is 0 Å². The smallest absolute Gasteiger partial charge is 0.200 e. The van der Waals surface area contributed by atoms with E-state index in [1.54, 1.807) is 0 Å². The molecule has 0 N–H and O–H groups in total. The van der Waals surface area contributed by atoms with Crippen LogP contribution >= 0.6 is 0 Å². The van der Waals surface area contributed by atoms with Crippen molar-refractivity contribution in [2.24, 2.45) is 10.8 Å². The molecule has 0 unspecified atom stereocenters. The normalized spacial score (nSPS) is 46.6. The van der Waals surface area contributed by atoms with Crippen molar-refractivity contribution in [2.75, 3.05) is 0 Å². The quantitative estimate of drug-likeness (QED) is 0.613. The lowest BCUT2D eigenvalue weighted by Crippen LogP contribution is -2.56. The second-order valence-corrected chi connectivity index (χ2v) is 7.70. The molecule has 4 atom stereocenters. The fraction of sp³-hybridized carbons (Fsp3) is 0.857. The number of ether oxygens (including phenoxy) is 2. The molecule has 3 fully saturated rings. The summed E-state index contributed by atoms with van der Waals surface area (Å²) in [6.45, 7) is 11.6. The number of hydrogen-bond donors (Lipinski definition) is 0. The summed E-state index contributed by atoms with van der Waals surface area (Å²) in [6, 6.07) is 0. The molecule has 0 spiro atoms. The molecule has 1 saturated carbocycles. The van der Waals surface area contributed by atoms with Crippen LogP contribution in [0.2, 0.25) is 0 Å². The van der Waals surface area contributed by atoms with Crippen LogP contribution in [-0.2, 0) is 19.1 Å². The van der Waals surface area contributed by atoms with Crippen LogP contribution in [0.15, 0.2) is 0 Å². The number of carbonyl (C=O) groups is 2. The van der Waals surface area contributed by atoms with Crippen molar-refractivity contribution in [1.29, 1.82) is 0 Å². The number of ketones is 2. The fourth-order valence-electron chi connectivity index (χ4n) is 3.42. The second kappa shape index (κ2) is 2.73. The van der Waals surface area contributed by atoms with E-state index in [0.29, 0.717) is 0 Å². The highest BCUT2D eigenvalue weighted by atomic mass is 16.7. The summed E-state index contributed by atoms with van der Waals surface area (Å²) in [6.07, 6.45) is -1.22. The molecule has 2 aliphatic heterocycles. The van der Waals surface area contributed by atoms with E-state index >= 15 is 0 Å². The molecule has 100 valence electrons. The van der Waals surface area contributed by atoms with Gasteiger partial charge in [-0.15, -0.1) is 0 Å². The largest absolute Gasteiger partial charge is 0.349 e. The first-order valence-corrected chi connectivity index (χ1v) is 6.44. The molecule has 0 radical (unpaired) electrons. The molecule has 3 aliphatic rings. The fourth-order valence-corrected chi connectivity index (χ4v) is 3.42.